The molecule has 0 fully saturated rings. The monoisotopic (exact) mass is 273 g/mol. The van der Waals surface area contributed by atoms with Crippen LogP contribution in [0.2, 0.25) is 0 Å². The zero-order chi connectivity index (χ0) is 14.5. The maximum absolute atomic E-state index is 5.44. The third kappa shape index (κ3) is 2.88. The summed E-state index contributed by atoms with van der Waals surface area (Å²) in [6, 6.07) is 9.69. The summed E-state index contributed by atoms with van der Waals surface area (Å²) >= 11 is 0. The Morgan fingerprint density at radius 1 is 1.05 bits per heavy atom. The van der Waals surface area contributed by atoms with Gasteiger partial charge >= 0.3 is 0 Å². The number of aromatic nitrogens is 2. The van der Waals surface area contributed by atoms with Gasteiger partial charge in [0.15, 0.2) is 0 Å². The van der Waals surface area contributed by atoms with Gasteiger partial charge < -0.3 is 14.8 Å². The summed E-state index contributed by atoms with van der Waals surface area (Å²) < 4.78 is 10.5. The van der Waals surface area contributed by atoms with E-state index in [9.17, 15) is 0 Å². The van der Waals surface area contributed by atoms with Crippen molar-refractivity contribution < 1.29 is 9.47 Å². The molecule has 2 aromatic rings. The van der Waals surface area contributed by atoms with Crippen LogP contribution in [0.1, 0.15) is 22.9 Å². The molecule has 0 aliphatic carbocycles. The van der Waals surface area contributed by atoms with Gasteiger partial charge in [-0.15, -0.1) is 10.2 Å². The first-order chi connectivity index (χ1) is 9.69. The average molecular weight is 273 g/mol. The number of hydrogen-bond acceptors (Lipinski definition) is 5. The van der Waals surface area contributed by atoms with Gasteiger partial charge in [-0.25, -0.2) is 0 Å². The van der Waals surface area contributed by atoms with Gasteiger partial charge in [0.05, 0.1) is 26.0 Å². The van der Waals surface area contributed by atoms with Crippen molar-refractivity contribution in [3.8, 4) is 11.6 Å². The van der Waals surface area contributed by atoms with Crippen LogP contribution >= 0.6 is 0 Å². The molecule has 0 bridgehead atoms. The first-order valence-electron chi connectivity index (χ1n) is 6.39. The largest absolute Gasteiger partial charge is 0.496 e. The van der Waals surface area contributed by atoms with Crippen molar-refractivity contribution in [2.75, 3.05) is 21.3 Å². The van der Waals surface area contributed by atoms with Crippen molar-refractivity contribution in [1.82, 2.24) is 15.5 Å². The SMILES string of the molecule is CNC(c1ccc(OC)nn1)c1cc(C)ccc1OC. The van der Waals surface area contributed by atoms with E-state index >= 15 is 0 Å². The van der Waals surface area contributed by atoms with Crippen molar-refractivity contribution in [2.45, 2.75) is 13.0 Å². The molecule has 0 aliphatic heterocycles. The van der Waals surface area contributed by atoms with Crippen LogP contribution in [0, 0.1) is 6.92 Å². The molecule has 0 saturated carbocycles. The predicted octanol–water partition coefficient (Wildman–Crippen LogP) is 2.11. The number of nitrogens with one attached hydrogen (secondary N) is 1. The van der Waals surface area contributed by atoms with Crippen molar-refractivity contribution in [2.24, 2.45) is 0 Å². The standard InChI is InChI=1S/C15H19N3O2/c1-10-5-7-13(19-3)11(9-10)15(16-2)12-6-8-14(20-4)18-17-12/h5-9,15-16H,1-4H3. The highest BCUT2D eigenvalue weighted by atomic mass is 16.5. The van der Waals surface area contributed by atoms with Crippen LogP contribution in [0.4, 0.5) is 0 Å². The van der Waals surface area contributed by atoms with Gasteiger partial charge in [-0.1, -0.05) is 17.7 Å². The molecule has 1 aromatic carbocycles. The normalized spacial score (nSPS) is 12.0. The third-order valence-electron chi connectivity index (χ3n) is 3.15. The molecule has 0 radical (unpaired) electrons. The molecular weight excluding hydrogens is 254 g/mol. The molecule has 1 aromatic heterocycles. The quantitative estimate of drug-likeness (QED) is 0.904. The lowest BCUT2D eigenvalue weighted by molar-refractivity contribution is 0.389. The number of methoxy groups -OCH3 is 2. The van der Waals surface area contributed by atoms with Crippen molar-refractivity contribution in [3.63, 3.8) is 0 Å². The second kappa shape index (κ2) is 6.34. The highest BCUT2D eigenvalue weighted by Crippen LogP contribution is 2.29. The first kappa shape index (κ1) is 14.3. The Bertz CT molecular complexity index is 570. The minimum Gasteiger partial charge on any atom is -0.496 e. The van der Waals surface area contributed by atoms with E-state index in [1.165, 1.54) is 5.56 Å². The van der Waals surface area contributed by atoms with Crippen molar-refractivity contribution >= 4 is 0 Å². The van der Waals surface area contributed by atoms with E-state index in [1.54, 1.807) is 20.3 Å². The molecule has 20 heavy (non-hydrogen) atoms. The van der Waals surface area contributed by atoms with E-state index in [2.05, 4.69) is 28.5 Å². The lowest BCUT2D eigenvalue weighted by Crippen LogP contribution is -2.20. The van der Waals surface area contributed by atoms with Crippen LogP contribution in [0.15, 0.2) is 30.3 Å². The lowest BCUT2D eigenvalue weighted by atomic mass is 10.0. The maximum atomic E-state index is 5.44. The average Bonchev–Trinajstić information content (AvgIpc) is 2.49. The number of ether oxygens (including phenoxy) is 2. The van der Waals surface area contributed by atoms with E-state index < -0.39 is 0 Å². The molecule has 1 N–H and O–H groups in total. The first-order valence-corrected chi connectivity index (χ1v) is 6.39. The van der Waals surface area contributed by atoms with E-state index in [0.717, 1.165) is 17.0 Å². The Kier molecular flexibility index (Phi) is 4.53. The molecule has 0 spiro atoms. The molecule has 0 amide bonds. The Balaban J connectivity index is 2.43. The van der Waals surface area contributed by atoms with E-state index in [-0.39, 0.29) is 6.04 Å². The lowest BCUT2D eigenvalue weighted by Gasteiger charge is -2.19. The Morgan fingerprint density at radius 2 is 1.85 bits per heavy atom. The molecule has 106 valence electrons. The summed E-state index contributed by atoms with van der Waals surface area (Å²) in [5, 5.41) is 11.5. The molecule has 0 aliphatic rings. The van der Waals surface area contributed by atoms with E-state index in [0.29, 0.717) is 5.88 Å². The van der Waals surface area contributed by atoms with Crippen LogP contribution in [0.5, 0.6) is 11.6 Å². The van der Waals surface area contributed by atoms with E-state index in [4.69, 9.17) is 9.47 Å². The topological polar surface area (TPSA) is 56.3 Å². The van der Waals surface area contributed by atoms with Crippen LogP contribution < -0.4 is 14.8 Å². The molecule has 1 heterocycles. The third-order valence-corrected chi connectivity index (χ3v) is 3.15. The zero-order valence-electron chi connectivity index (χ0n) is 12.2. The van der Waals surface area contributed by atoms with Crippen LogP contribution in [0.25, 0.3) is 0 Å². The second-order valence-corrected chi connectivity index (χ2v) is 4.47. The zero-order valence-corrected chi connectivity index (χ0v) is 12.2. The molecule has 1 atom stereocenters. The number of hydrogen-bond donors (Lipinski definition) is 1. The van der Waals surface area contributed by atoms with Crippen LogP contribution in [-0.4, -0.2) is 31.5 Å². The number of aryl methyl sites for hydroxylation is 1. The predicted molar refractivity (Wildman–Crippen MR) is 77.2 cm³/mol. The van der Waals surface area contributed by atoms with E-state index in [1.807, 2.05) is 25.2 Å². The second-order valence-electron chi connectivity index (χ2n) is 4.47. The minimum absolute atomic E-state index is 0.0803. The summed E-state index contributed by atoms with van der Waals surface area (Å²) in [6.07, 6.45) is 0. The highest BCUT2D eigenvalue weighted by Gasteiger charge is 2.18. The van der Waals surface area contributed by atoms with Gasteiger partial charge in [0.1, 0.15) is 5.75 Å². The molecule has 5 nitrogen and oxygen atoms in total. The summed E-state index contributed by atoms with van der Waals surface area (Å²) in [4.78, 5) is 0. The Labute approximate surface area is 118 Å². The van der Waals surface area contributed by atoms with Crippen molar-refractivity contribution in [1.29, 1.82) is 0 Å². The Morgan fingerprint density at radius 3 is 2.40 bits per heavy atom. The molecule has 2 rings (SSSR count). The molecule has 1 unspecified atom stereocenters. The maximum Gasteiger partial charge on any atom is 0.233 e. The number of rotatable bonds is 5. The van der Waals surface area contributed by atoms with Gasteiger partial charge in [0, 0.05) is 11.6 Å². The summed E-state index contributed by atoms with van der Waals surface area (Å²) in [7, 11) is 5.13. The van der Waals surface area contributed by atoms with Gasteiger partial charge in [0.2, 0.25) is 5.88 Å². The smallest absolute Gasteiger partial charge is 0.233 e. The molecule has 0 saturated heterocycles. The summed E-state index contributed by atoms with van der Waals surface area (Å²) in [6.45, 7) is 2.05. The molecule has 5 heteroatoms. The minimum atomic E-state index is -0.0803. The fourth-order valence-corrected chi connectivity index (χ4v) is 2.14. The number of benzene rings is 1. The highest BCUT2D eigenvalue weighted by molar-refractivity contribution is 5.42. The fourth-order valence-electron chi connectivity index (χ4n) is 2.14. The number of nitrogens with zero attached hydrogens (tertiary/aromatic N) is 2. The fraction of sp³-hybridized carbons (Fsp3) is 0.333. The van der Waals surface area contributed by atoms with Gasteiger partial charge in [0.25, 0.3) is 0 Å². The van der Waals surface area contributed by atoms with Crippen LogP contribution in [-0.2, 0) is 0 Å². The van der Waals surface area contributed by atoms with Gasteiger partial charge in [-0.3, -0.25) is 0 Å². The Hall–Kier alpha value is -2.14. The summed E-state index contributed by atoms with van der Waals surface area (Å²) in [5.41, 5.74) is 3.02. The van der Waals surface area contributed by atoms with Gasteiger partial charge in [-0.05, 0) is 26.1 Å². The van der Waals surface area contributed by atoms with Gasteiger partial charge in [-0.2, -0.15) is 0 Å². The van der Waals surface area contributed by atoms with Crippen molar-refractivity contribution in [3.05, 3.63) is 47.2 Å². The summed E-state index contributed by atoms with van der Waals surface area (Å²) in [5.74, 6) is 1.33. The molecular formula is C15H19N3O2. The van der Waals surface area contributed by atoms with Crippen LogP contribution in [0.3, 0.4) is 0 Å².